The molecule has 0 saturated heterocycles. The van der Waals surface area contributed by atoms with Gasteiger partial charge in [-0.25, -0.2) is 14.4 Å². The summed E-state index contributed by atoms with van der Waals surface area (Å²) in [7, 11) is -3.89. The minimum atomic E-state index is -3.89. The molecule has 0 aliphatic rings. The Labute approximate surface area is 292 Å². The van der Waals surface area contributed by atoms with Gasteiger partial charge in [-0.2, -0.15) is 4.57 Å². The van der Waals surface area contributed by atoms with E-state index in [0.717, 1.165) is 0 Å². The number of aliphatic hydroxyl groups is 3. The molecule has 0 heterocycles. The first-order valence-electron chi connectivity index (χ1n) is 14.7. The van der Waals surface area contributed by atoms with E-state index in [-0.39, 0.29) is 36.5 Å². The van der Waals surface area contributed by atoms with Gasteiger partial charge < -0.3 is 44.2 Å². The van der Waals surface area contributed by atoms with Crippen molar-refractivity contribution in [3.8, 4) is 17.2 Å². The molecule has 274 valence electrons. The Hall–Kier alpha value is -5.20. The van der Waals surface area contributed by atoms with Crippen molar-refractivity contribution in [2.45, 2.75) is 34.1 Å². The standard InChI is InChI=1S/C18H15O4P.C6H14O3.3C4H6O2/c19-23(20-16-10-4-1-5-11-16,21-17-12-6-2-7-13-17)22-18-14-8-3-9-15-18;1-2-6(3-7,4-8)5-9;3*1-3(2)4(5)6/h1-15H;7-9H,2-5H2,1H3;3*1H2,2H3,(H,5,6). The summed E-state index contributed by atoms with van der Waals surface area (Å²) in [6.07, 6.45) is 0.594. The van der Waals surface area contributed by atoms with Crippen molar-refractivity contribution in [2.24, 2.45) is 5.41 Å². The van der Waals surface area contributed by atoms with E-state index in [4.69, 9.17) is 44.2 Å². The Morgan fingerprint density at radius 3 is 0.880 bits per heavy atom. The van der Waals surface area contributed by atoms with Crippen LogP contribution in [0.4, 0.5) is 0 Å². The van der Waals surface area contributed by atoms with Crippen LogP contribution in [0.5, 0.6) is 17.2 Å². The number of aliphatic hydroxyl groups excluding tert-OH is 3. The smallest absolute Gasteiger partial charge is 0.478 e. The number of para-hydroxylation sites is 3. The molecule has 3 aromatic carbocycles. The Bertz CT molecular complexity index is 1290. The van der Waals surface area contributed by atoms with Gasteiger partial charge in [0, 0.05) is 22.1 Å². The van der Waals surface area contributed by atoms with Crippen molar-refractivity contribution in [1.82, 2.24) is 0 Å². The number of carboxylic acids is 3. The van der Waals surface area contributed by atoms with E-state index in [1.807, 2.05) is 25.1 Å². The first-order valence-corrected chi connectivity index (χ1v) is 16.2. The number of carbonyl (C=O) groups is 3. The summed E-state index contributed by atoms with van der Waals surface area (Å²) in [6.45, 7) is 15.2. The maximum Gasteiger partial charge on any atom is 0.647 e. The first-order chi connectivity index (χ1) is 23.4. The molecule has 3 rings (SSSR count). The fourth-order valence-electron chi connectivity index (χ4n) is 2.37. The molecule has 0 aromatic heterocycles. The van der Waals surface area contributed by atoms with Crippen LogP contribution in [0.2, 0.25) is 0 Å². The second kappa shape index (κ2) is 25.8. The predicted molar refractivity (Wildman–Crippen MR) is 190 cm³/mol. The van der Waals surface area contributed by atoms with Gasteiger partial charge in [0.2, 0.25) is 0 Å². The molecule has 0 aliphatic heterocycles. The van der Waals surface area contributed by atoms with Crippen molar-refractivity contribution >= 4 is 25.7 Å². The fourth-order valence-corrected chi connectivity index (χ4v) is 3.62. The van der Waals surface area contributed by atoms with E-state index < -0.39 is 31.1 Å². The molecular weight excluding hydrogens is 671 g/mol. The molecule has 0 bridgehead atoms. The molecule has 0 aliphatic carbocycles. The highest BCUT2D eigenvalue weighted by atomic mass is 31.2. The highest BCUT2D eigenvalue weighted by Crippen LogP contribution is 2.49. The lowest BCUT2D eigenvalue weighted by Gasteiger charge is -2.24. The first kappa shape index (κ1) is 46.9. The van der Waals surface area contributed by atoms with Crippen LogP contribution in [-0.2, 0) is 18.9 Å². The zero-order valence-corrected chi connectivity index (χ0v) is 29.5. The molecule has 0 spiro atoms. The maximum absolute atomic E-state index is 13.1. The molecule has 6 N–H and O–H groups in total. The molecule has 0 atom stereocenters. The summed E-state index contributed by atoms with van der Waals surface area (Å²) in [5.74, 6) is -1.59. The Morgan fingerprint density at radius 1 is 0.560 bits per heavy atom. The number of benzene rings is 3. The van der Waals surface area contributed by atoms with Crippen molar-refractivity contribution in [1.29, 1.82) is 0 Å². The van der Waals surface area contributed by atoms with Gasteiger partial charge in [-0.15, -0.1) is 0 Å². The zero-order valence-electron chi connectivity index (χ0n) is 28.6. The van der Waals surface area contributed by atoms with E-state index in [1.165, 1.54) is 20.8 Å². The van der Waals surface area contributed by atoms with E-state index in [2.05, 4.69) is 19.7 Å². The molecule has 0 fully saturated rings. The molecule has 0 unspecified atom stereocenters. The van der Waals surface area contributed by atoms with Crippen molar-refractivity contribution in [3.63, 3.8) is 0 Å². The van der Waals surface area contributed by atoms with Gasteiger partial charge in [-0.3, -0.25) is 0 Å². The summed E-state index contributed by atoms with van der Waals surface area (Å²) in [4.78, 5) is 28.8. The molecule has 0 amide bonds. The van der Waals surface area contributed by atoms with Crippen LogP contribution >= 0.6 is 7.82 Å². The average molecular weight is 719 g/mol. The highest BCUT2D eigenvalue weighted by molar-refractivity contribution is 7.49. The SMILES string of the molecule is C=C(C)C(=O)O.C=C(C)C(=O)O.C=C(C)C(=O)O.CCC(CO)(CO)CO.O=P(Oc1ccccc1)(Oc1ccccc1)Oc1ccccc1. The lowest BCUT2D eigenvalue weighted by Crippen LogP contribution is -2.32. The van der Waals surface area contributed by atoms with Gasteiger partial charge in [0.1, 0.15) is 17.2 Å². The van der Waals surface area contributed by atoms with E-state index in [9.17, 15) is 18.9 Å². The number of hydrogen-bond acceptors (Lipinski definition) is 10. The molecule has 14 heteroatoms. The van der Waals surface area contributed by atoms with E-state index >= 15 is 0 Å². The van der Waals surface area contributed by atoms with Gasteiger partial charge in [0.15, 0.2) is 0 Å². The van der Waals surface area contributed by atoms with Crippen LogP contribution in [0.15, 0.2) is 127 Å². The second-order valence-electron chi connectivity index (χ2n) is 10.2. The number of phosphoric ester groups is 1. The third-order valence-electron chi connectivity index (χ3n) is 5.73. The van der Waals surface area contributed by atoms with E-state index in [0.29, 0.717) is 23.7 Å². The maximum atomic E-state index is 13.1. The summed E-state index contributed by atoms with van der Waals surface area (Å²) in [6, 6.07) is 26.4. The van der Waals surface area contributed by atoms with Crippen LogP contribution in [0, 0.1) is 5.41 Å². The monoisotopic (exact) mass is 718 g/mol. The Balaban J connectivity index is 0. The molecule has 0 radical (unpaired) electrons. The summed E-state index contributed by atoms with van der Waals surface area (Å²) in [5, 5.41) is 49.6. The normalized spacial score (nSPS) is 9.82. The Morgan fingerprint density at radius 2 is 0.760 bits per heavy atom. The molecule has 0 saturated carbocycles. The number of phosphoric acid groups is 1. The fraction of sp³-hybridized carbons (Fsp3) is 0.250. The quantitative estimate of drug-likeness (QED) is 0.0809. The van der Waals surface area contributed by atoms with Gasteiger partial charge in [0.25, 0.3) is 0 Å². The van der Waals surface area contributed by atoms with Crippen LogP contribution in [0.25, 0.3) is 0 Å². The lowest BCUT2D eigenvalue weighted by atomic mass is 9.88. The summed E-state index contributed by atoms with van der Waals surface area (Å²) in [5.41, 5.74) is -0.139. The predicted octanol–water partition coefficient (Wildman–Crippen LogP) is 6.63. The molecule has 3 aromatic rings. The number of carboxylic acid groups (broad SMARTS) is 3. The number of hydrogen-bond donors (Lipinski definition) is 6. The molecule has 13 nitrogen and oxygen atoms in total. The van der Waals surface area contributed by atoms with Gasteiger partial charge in [-0.05, 0) is 63.6 Å². The minimum absolute atomic E-state index is 0.156. The number of rotatable bonds is 13. The Kier molecular flexibility index (Phi) is 24.2. The van der Waals surface area contributed by atoms with Gasteiger partial charge in [0.05, 0.1) is 19.8 Å². The largest absolute Gasteiger partial charge is 0.647 e. The molecule has 50 heavy (non-hydrogen) atoms. The summed E-state index contributed by atoms with van der Waals surface area (Å²) >= 11 is 0. The van der Waals surface area contributed by atoms with Crippen LogP contribution in [0.3, 0.4) is 0 Å². The third kappa shape index (κ3) is 22.4. The van der Waals surface area contributed by atoms with Crippen LogP contribution in [0.1, 0.15) is 34.1 Å². The van der Waals surface area contributed by atoms with Crippen molar-refractivity contribution in [2.75, 3.05) is 19.8 Å². The van der Waals surface area contributed by atoms with Crippen molar-refractivity contribution < 1.29 is 63.2 Å². The van der Waals surface area contributed by atoms with E-state index in [1.54, 1.807) is 72.8 Å². The van der Waals surface area contributed by atoms with Crippen molar-refractivity contribution in [3.05, 3.63) is 127 Å². The van der Waals surface area contributed by atoms with Crippen LogP contribution < -0.4 is 13.6 Å². The van der Waals surface area contributed by atoms with Gasteiger partial charge in [-0.1, -0.05) is 81.3 Å². The molecular formula is C36H47O13P. The zero-order chi connectivity index (χ0) is 38.8. The second-order valence-corrected chi connectivity index (χ2v) is 11.7. The summed E-state index contributed by atoms with van der Waals surface area (Å²) < 4.78 is 29.6. The third-order valence-corrected chi connectivity index (χ3v) is 7.04. The average Bonchev–Trinajstić information content (AvgIpc) is 3.08. The van der Waals surface area contributed by atoms with Gasteiger partial charge >= 0.3 is 25.7 Å². The number of aliphatic carboxylic acids is 3. The topological polar surface area (TPSA) is 217 Å². The lowest BCUT2D eigenvalue weighted by molar-refractivity contribution is -0.133. The highest BCUT2D eigenvalue weighted by Gasteiger charge is 2.33. The minimum Gasteiger partial charge on any atom is -0.478 e. The van der Waals surface area contributed by atoms with Crippen LogP contribution in [-0.4, -0.2) is 68.4 Å².